The van der Waals surface area contributed by atoms with Crippen molar-refractivity contribution in [2.75, 3.05) is 7.11 Å². The van der Waals surface area contributed by atoms with E-state index in [9.17, 15) is 5.11 Å². The fourth-order valence-electron chi connectivity index (χ4n) is 7.91. The molecule has 5 aliphatic carbocycles. The highest BCUT2D eigenvalue weighted by atomic mass is 16.5. The lowest BCUT2D eigenvalue weighted by atomic mass is 9.54. The summed E-state index contributed by atoms with van der Waals surface area (Å²) < 4.78 is 5.89. The van der Waals surface area contributed by atoms with Crippen molar-refractivity contribution in [2.24, 2.45) is 47.3 Å². The molecular formula is C18H20O2. The second kappa shape index (κ2) is 3.00. The van der Waals surface area contributed by atoms with Crippen LogP contribution in [0.25, 0.3) is 0 Å². The molecule has 5 fully saturated rings. The number of rotatable bonds is 2. The molecule has 0 radical (unpaired) electrons. The van der Waals surface area contributed by atoms with E-state index in [0.717, 1.165) is 23.7 Å². The molecule has 1 aromatic rings. The second-order valence-corrected chi connectivity index (χ2v) is 7.82. The normalized spacial score (nSPS) is 63.2. The maximum Gasteiger partial charge on any atom is 0.0965 e. The molecular weight excluding hydrogens is 248 g/mol. The third kappa shape index (κ3) is 0.791. The van der Waals surface area contributed by atoms with Gasteiger partial charge in [0.1, 0.15) is 0 Å². The minimum atomic E-state index is -0.553. The van der Waals surface area contributed by atoms with Crippen LogP contribution in [0.3, 0.4) is 0 Å². The van der Waals surface area contributed by atoms with Crippen molar-refractivity contribution in [3.8, 4) is 0 Å². The minimum Gasteiger partial charge on any atom is -0.385 e. The van der Waals surface area contributed by atoms with Gasteiger partial charge in [0.15, 0.2) is 0 Å². The summed E-state index contributed by atoms with van der Waals surface area (Å²) in [6.07, 6.45) is 1.81. The maximum absolute atomic E-state index is 11.7. The molecule has 1 N–H and O–H groups in total. The predicted molar refractivity (Wildman–Crippen MR) is 73.7 cm³/mol. The number of benzene rings is 1. The van der Waals surface area contributed by atoms with Gasteiger partial charge in [-0.15, -0.1) is 0 Å². The summed E-state index contributed by atoms with van der Waals surface area (Å²) in [6, 6.07) is 10.5. The van der Waals surface area contributed by atoms with Crippen molar-refractivity contribution in [2.45, 2.75) is 18.1 Å². The molecule has 2 heteroatoms. The van der Waals surface area contributed by atoms with E-state index < -0.39 is 5.60 Å². The molecule has 2 nitrogen and oxygen atoms in total. The van der Waals surface area contributed by atoms with Gasteiger partial charge in [0.25, 0.3) is 0 Å². The van der Waals surface area contributed by atoms with Crippen LogP contribution in [0.4, 0.5) is 0 Å². The molecule has 0 unspecified atom stereocenters. The van der Waals surface area contributed by atoms with Crippen molar-refractivity contribution in [3.63, 3.8) is 0 Å². The zero-order valence-corrected chi connectivity index (χ0v) is 11.6. The van der Waals surface area contributed by atoms with Gasteiger partial charge in [0.05, 0.1) is 11.7 Å². The number of hydrogen-bond donors (Lipinski definition) is 1. The molecule has 20 heavy (non-hydrogen) atoms. The average molecular weight is 268 g/mol. The average Bonchev–Trinajstić information content (AvgIpc) is 2.98. The molecule has 0 aromatic heterocycles. The van der Waals surface area contributed by atoms with Gasteiger partial charge in [-0.3, -0.25) is 0 Å². The molecule has 0 amide bonds. The number of fused-ring (bicyclic) bond motifs is 2. The van der Waals surface area contributed by atoms with Crippen LogP contribution in [0.5, 0.6) is 0 Å². The molecule has 104 valence electrons. The van der Waals surface area contributed by atoms with E-state index in [-0.39, 0.29) is 0 Å². The third-order valence-electron chi connectivity index (χ3n) is 7.91. The Bertz CT molecular complexity index is 599. The van der Waals surface area contributed by atoms with Crippen molar-refractivity contribution in [1.82, 2.24) is 0 Å². The molecule has 0 heterocycles. The second-order valence-electron chi connectivity index (χ2n) is 7.82. The Morgan fingerprint density at radius 2 is 1.80 bits per heavy atom. The van der Waals surface area contributed by atoms with Crippen molar-refractivity contribution < 1.29 is 9.84 Å². The summed E-state index contributed by atoms with van der Waals surface area (Å²) in [5.74, 6) is 5.52. The van der Waals surface area contributed by atoms with Gasteiger partial charge in [-0.2, -0.15) is 0 Å². The van der Waals surface area contributed by atoms with Crippen LogP contribution >= 0.6 is 0 Å². The lowest BCUT2D eigenvalue weighted by molar-refractivity contribution is -0.183. The predicted octanol–water partition coefficient (Wildman–Crippen LogP) is 2.28. The largest absolute Gasteiger partial charge is 0.385 e. The van der Waals surface area contributed by atoms with E-state index in [4.69, 9.17) is 4.74 Å². The Morgan fingerprint density at radius 1 is 1.00 bits per heavy atom. The highest BCUT2D eigenvalue weighted by Gasteiger charge is 2.87. The van der Waals surface area contributed by atoms with Gasteiger partial charge in [-0.05, 0) is 47.5 Å². The van der Waals surface area contributed by atoms with Gasteiger partial charge < -0.3 is 9.84 Å². The Kier molecular flexibility index (Phi) is 1.62. The van der Waals surface area contributed by atoms with Gasteiger partial charge in [0.2, 0.25) is 0 Å². The van der Waals surface area contributed by atoms with Crippen LogP contribution in [0.15, 0.2) is 30.3 Å². The fourth-order valence-corrected chi connectivity index (χ4v) is 7.91. The first kappa shape index (κ1) is 10.8. The van der Waals surface area contributed by atoms with E-state index in [1.807, 2.05) is 7.11 Å². The Balaban J connectivity index is 1.58. The molecule has 0 spiro atoms. The zero-order chi connectivity index (χ0) is 13.2. The quantitative estimate of drug-likeness (QED) is 0.891. The molecule has 1 aromatic carbocycles. The van der Waals surface area contributed by atoms with E-state index in [1.165, 1.54) is 12.0 Å². The van der Waals surface area contributed by atoms with E-state index in [1.54, 1.807) is 0 Å². The van der Waals surface area contributed by atoms with Gasteiger partial charge in [0, 0.05) is 18.9 Å². The van der Waals surface area contributed by atoms with Gasteiger partial charge >= 0.3 is 0 Å². The van der Waals surface area contributed by atoms with Crippen LogP contribution in [-0.2, 0) is 10.3 Å². The Morgan fingerprint density at radius 3 is 2.55 bits per heavy atom. The molecule has 2 bridgehead atoms. The zero-order valence-electron chi connectivity index (χ0n) is 11.6. The van der Waals surface area contributed by atoms with Crippen LogP contribution in [0.1, 0.15) is 12.0 Å². The maximum atomic E-state index is 11.7. The van der Waals surface area contributed by atoms with Gasteiger partial charge in [-0.1, -0.05) is 30.3 Å². The van der Waals surface area contributed by atoms with E-state index >= 15 is 0 Å². The summed E-state index contributed by atoms with van der Waals surface area (Å²) in [4.78, 5) is 0. The van der Waals surface area contributed by atoms with Gasteiger partial charge in [-0.25, -0.2) is 0 Å². The first-order valence-electron chi connectivity index (χ1n) is 8.09. The lowest BCUT2D eigenvalue weighted by Gasteiger charge is -2.54. The number of ether oxygens (including phenoxy) is 1. The third-order valence-corrected chi connectivity index (χ3v) is 7.91. The van der Waals surface area contributed by atoms with Crippen LogP contribution in [0.2, 0.25) is 0 Å². The fraction of sp³-hybridized carbons (Fsp3) is 0.667. The SMILES string of the molecule is CO[C@@H]1[C@H]2[C@H]3[C@@H]4C[C@@H]5[C@H]3[C@H]2[C@@](O)(c2ccccc2)[C@@H]5[C@@H]41. The Labute approximate surface area is 119 Å². The van der Waals surface area contributed by atoms with Crippen molar-refractivity contribution >= 4 is 0 Å². The molecule has 0 saturated heterocycles. The Hall–Kier alpha value is -0.860. The summed E-state index contributed by atoms with van der Waals surface area (Å²) in [5.41, 5.74) is 0.621. The van der Waals surface area contributed by atoms with Crippen LogP contribution in [0, 0.1) is 47.3 Å². The number of methoxy groups -OCH3 is 1. The number of aliphatic hydroxyl groups is 1. The molecule has 10 atom stereocenters. The smallest absolute Gasteiger partial charge is 0.0965 e. The molecule has 5 saturated carbocycles. The molecule has 0 aliphatic heterocycles. The first-order chi connectivity index (χ1) is 9.78. The van der Waals surface area contributed by atoms with Crippen LogP contribution in [-0.4, -0.2) is 18.3 Å². The van der Waals surface area contributed by atoms with Crippen LogP contribution < -0.4 is 0 Å². The first-order valence-corrected chi connectivity index (χ1v) is 8.09. The van der Waals surface area contributed by atoms with Crippen molar-refractivity contribution in [1.29, 1.82) is 0 Å². The minimum absolute atomic E-state index is 0.438. The van der Waals surface area contributed by atoms with E-state index in [2.05, 4.69) is 30.3 Å². The van der Waals surface area contributed by atoms with E-state index in [0.29, 0.717) is 29.8 Å². The summed E-state index contributed by atoms with van der Waals surface area (Å²) in [6.45, 7) is 0. The summed E-state index contributed by atoms with van der Waals surface area (Å²) >= 11 is 0. The summed E-state index contributed by atoms with van der Waals surface area (Å²) in [7, 11) is 1.89. The molecule has 5 aliphatic rings. The number of hydrogen-bond acceptors (Lipinski definition) is 2. The highest BCUT2D eigenvalue weighted by molar-refractivity contribution is 5.40. The highest BCUT2D eigenvalue weighted by Crippen LogP contribution is 2.87. The summed E-state index contributed by atoms with van der Waals surface area (Å²) in [5, 5.41) is 11.7. The van der Waals surface area contributed by atoms with Crippen molar-refractivity contribution in [3.05, 3.63) is 35.9 Å². The monoisotopic (exact) mass is 268 g/mol. The topological polar surface area (TPSA) is 29.5 Å². The lowest BCUT2D eigenvalue weighted by Crippen LogP contribution is -2.57. The standard InChI is InChI=1S/C18H20O2/c1-20-17-13-9-7-10-12-11(9)14(17)16(12)18(19,15(10)13)8-5-3-2-4-6-8/h2-6,9-17,19H,7H2,1H3/t9-,10+,11-,12+,13+,14-,15-,16+,17-,18+/m0/s1. The molecule has 6 rings (SSSR count).